The van der Waals surface area contributed by atoms with E-state index in [2.05, 4.69) is 5.32 Å². The van der Waals surface area contributed by atoms with Crippen molar-refractivity contribution in [3.05, 3.63) is 59.7 Å². The minimum atomic E-state index is -0.816. The quantitative estimate of drug-likeness (QED) is 0.905. The van der Waals surface area contributed by atoms with Gasteiger partial charge in [-0.05, 0) is 35.9 Å². The lowest BCUT2D eigenvalue weighted by Crippen LogP contribution is -2.16. The van der Waals surface area contributed by atoms with Crippen molar-refractivity contribution in [2.24, 2.45) is 0 Å². The zero-order chi connectivity index (χ0) is 13.8. The van der Waals surface area contributed by atoms with Gasteiger partial charge in [0, 0.05) is 32.0 Å². The number of hydrogen-bond donors (Lipinski definition) is 1. The first-order chi connectivity index (χ1) is 9.10. The molecule has 0 bridgehead atoms. The van der Waals surface area contributed by atoms with Crippen molar-refractivity contribution in [2.75, 3.05) is 24.3 Å². The Morgan fingerprint density at radius 2 is 1.84 bits per heavy atom. The standard InChI is InChI=1S/C15H16F2N2/c1-18-12-4-3-5-13(9-12)19(2)10-11-6-7-14(16)15(17)8-11/h3-9,18H,10H2,1-2H3. The average Bonchev–Trinajstić information content (AvgIpc) is 2.43. The smallest absolute Gasteiger partial charge is 0.159 e. The van der Waals surface area contributed by atoms with E-state index < -0.39 is 11.6 Å². The van der Waals surface area contributed by atoms with Crippen LogP contribution in [0, 0.1) is 11.6 Å². The van der Waals surface area contributed by atoms with Crippen molar-refractivity contribution < 1.29 is 8.78 Å². The summed E-state index contributed by atoms with van der Waals surface area (Å²) in [5, 5.41) is 3.07. The van der Waals surface area contributed by atoms with Gasteiger partial charge in [0.25, 0.3) is 0 Å². The Balaban J connectivity index is 2.15. The highest BCUT2D eigenvalue weighted by Crippen LogP contribution is 2.20. The topological polar surface area (TPSA) is 15.3 Å². The van der Waals surface area contributed by atoms with Gasteiger partial charge in [0.1, 0.15) is 0 Å². The summed E-state index contributed by atoms with van der Waals surface area (Å²) in [7, 11) is 3.77. The molecule has 0 radical (unpaired) electrons. The molecule has 0 aromatic heterocycles. The summed E-state index contributed by atoms with van der Waals surface area (Å²) in [5.74, 6) is -1.63. The largest absolute Gasteiger partial charge is 0.388 e. The second-order valence-electron chi connectivity index (χ2n) is 4.40. The Bertz CT molecular complexity index is 570. The minimum Gasteiger partial charge on any atom is -0.388 e. The number of hydrogen-bond acceptors (Lipinski definition) is 2. The molecule has 0 fully saturated rings. The molecule has 2 nitrogen and oxygen atoms in total. The van der Waals surface area contributed by atoms with Crippen molar-refractivity contribution in [3.8, 4) is 0 Å². The zero-order valence-corrected chi connectivity index (χ0v) is 11.0. The summed E-state index contributed by atoms with van der Waals surface area (Å²) in [6.45, 7) is 0.518. The van der Waals surface area contributed by atoms with Crippen LogP contribution in [0.15, 0.2) is 42.5 Å². The van der Waals surface area contributed by atoms with Crippen molar-refractivity contribution in [1.29, 1.82) is 0 Å². The molecule has 0 spiro atoms. The van der Waals surface area contributed by atoms with Crippen LogP contribution in [0.1, 0.15) is 5.56 Å². The normalized spacial score (nSPS) is 10.3. The first-order valence-corrected chi connectivity index (χ1v) is 6.03. The van der Waals surface area contributed by atoms with Crippen molar-refractivity contribution in [3.63, 3.8) is 0 Å². The molecule has 0 aliphatic carbocycles. The predicted molar refractivity (Wildman–Crippen MR) is 74.5 cm³/mol. The van der Waals surface area contributed by atoms with E-state index >= 15 is 0 Å². The van der Waals surface area contributed by atoms with Gasteiger partial charge in [-0.15, -0.1) is 0 Å². The number of rotatable bonds is 4. The monoisotopic (exact) mass is 262 g/mol. The van der Waals surface area contributed by atoms with E-state index in [-0.39, 0.29) is 0 Å². The van der Waals surface area contributed by atoms with E-state index in [1.165, 1.54) is 6.07 Å². The van der Waals surface area contributed by atoms with Crippen LogP contribution in [-0.2, 0) is 6.54 Å². The molecule has 2 rings (SSSR count). The molecule has 4 heteroatoms. The van der Waals surface area contributed by atoms with E-state index in [4.69, 9.17) is 0 Å². The van der Waals surface area contributed by atoms with E-state index in [1.54, 1.807) is 6.07 Å². The molecule has 0 amide bonds. The fraction of sp³-hybridized carbons (Fsp3) is 0.200. The summed E-state index contributed by atoms with van der Waals surface area (Å²) < 4.78 is 26.0. The third kappa shape index (κ3) is 3.22. The first kappa shape index (κ1) is 13.3. The Morgan fingerprint density at radius 3 is 2.53 bits per heavy atom. The fourth-order valence-corrected chi connectivity index (χ4v) is 1.90. The molecule has 100 valence electrons. The second kappa shape index (κ2) is 5.69. The number of halogens is 2. The Labute approximate surface area is 111 Å². The van der Waals surface area contributed by atoms with Gasteiger partial charge in [0.05, 0.1) is 0 Å². The lowest BCUT2D eigenvalue weighted by atomic mass is 10.2. The average molecular weight is 262 g/mol. The molecule has 0 aliphatic heterocycles. The minimum absolute atomic E-state index is 0.518. The number of benzene rings is 2. The van der Waals surface area contributed by atoms with Crippen LogP contribution in [0.2, 0.25) is 0 Å². The van der Waals surface area contributed by atoms with E-state index in [0.29, 0.717) is 6.54 Å². The highest BCUT2D eigenvalue weighted by molar-refractivity contribution is 5.57. The van der Waals surface area contributed by atoms with Crippen LogP contribution in [0.5, 0.6) is 0 Å². The lowest BCUT2D eigenvalue weighted by molar-refractivity contribution is 0.507. The van der Waals surface area contributed by atoms with Crippen LogP contribution in [0.4, 0.5) is 20.2 Å². The maximum absolute atomic E-state index is 13.1. The van der Waals surface area contributed by atoms with E-state index in [0.717, 1.165) is 23.0 Å². The zero-order valence-electron chi connectivity index (χ0n) is 11.0. The van der Waals surface area contributed by atoms with Crippen LogP contribution >= 0.6 is 0 Å². The van der Waals surface area contributed by atoms with Gasteiger partial charge in [0.2, 0.25) is 0 Å². The Kier molecular flexibility index (Phi) is 4.00. The predicted octanol–water partition coefficient (Wildman–Crippen LogP) is 3.64. The van der Waals surface area contributed by atoms with Crippen LogP contribution in [0.25, 0.3) is 0 Å². The van der Waals surface area contributed by atoms with Gasteiger partial charge in [-0.25, -0.2) is 8.78 Å². The van der Waals surface area contributed by atoms with Crippen LogP contribution in [0.3, 0.4) is 0 Å². The molecule has 2 aromatic carbocycles. The fourth-order valence-electron chi connectivity index (χ4n) is 1.90. The third-order valence-electron chi connectivity index (χ3n) is 2.98. The third-order valence-corrected chi connectivity index (χ3v) is 2.98. The number of nitrogens with one attached hydrogen (secondary N) is 1. The summed E-state index contributed by atoms with van der Waals surface area (Å²) >= 11 is 0. The van der Waals surface area contributed by atoms with Gasteiger partial charge >= 0.3 is 0 Å². The van der Waals surface area contributed by atoms with Crippen molar-refractivity contribution in [1.82, 2.24) is 0 Å². The SMILES string of the molecule is CNc1cccc(N(C)Cc2ccc(F)c(F)c2)c1. The van der Waals surface area contributed by atoms with Crippen molar-refractivity contribution in [2.45, 2.75) is 6.54 Å². The van der Waals surface area contributed by atoms with Gasteiger partial charge < -0.3 is 10.2 Å². The first-order valence-electron chi connectivity index (χ1n) is 6.03. The van der Waals surface area contributed by atoms with Gasteiger partial charge in [-0.2, -0.15) is 0 Å². The maximum atomic E-state index is 13.1. The number of anilines is 2. The maximum Gasteiger partial charge on any atom is 0.159 e. The van der Waals surface area contributed by atoms with E-state index in [9.17, 15) is 8.78 Å². The molecule has 0 atom stereocenters. The van der Waals surface area contributed by atoms with Gasteiger partial charge in [0.15, 0.2) is 11.6 Å². The summed E-state index contributed by atoms with van der Waals surface area (Å²) in [6, 6.07) is 11.9. The molecule has 0 saturated heterocycles. The number of nitrogens with zero attached hydrogens (tertiary/aromatic N) is 1. The highest BCUT2D eigenvalue weighted by Gasteiger charge is 2.06. The Hall–Kier alpha value is -2.10. The summed E-state index contributed by atoms with van der Waals surface area (Å²) in [6.07, 6.45) is 0. The molecular formula is C15H16F2N2. The Morgan fingerprint density at radius 1 is 1.05 bits per heavy atom. The molecule has 19 heavy (non-hydrogen) atoms. The molecule has 0 unspecified atom stereocenters. The molecule has 0 saturated carbocycles. The second-order valence-corrected chi connectivity index (χ2v) is 4.40. The molecule has 0 aliphatic rings. The van der Waals surface area contributed by atoms with Gasteiger partial charge in [-0.3, -0.25) is 0 Å². The van der Waals surface area contributed by atoms with Crippen LogP contribution in [-0.4, -0.2) is 14.1 Å². The molecule has 2 aromatic rings. The molecule has 0 heterocycles. The van der Waals surface area contributed by atoms with E-state index in [1.807, 2.05) is 43.3 Å². The molecule has 1 N–H and O–H groups in total. The highest BCUT2D eigenvalue weighted by atomic mass is 19.2. The van der Waals surface area contributed by atoms with Crippen molar-refractivity contribution >= 4 is 11.4 Å². The molecular weight excluding hydrogens is 246 g/mol. The summed E-state index contributed by atoms with van der Waals surface area (Å²) in [5.41, 5.74) is 2.75. The van der Waals surface area contributed by atoms with Crippen LogP contribution < -0.4 is 10.2 Å². The summed E-state index contributed by atoms with van der Waals surface area (Å²) in [4.78, 5) is 1.98. The van der Waals surface area contributed by atoms with Gasteiger partial charge in [-0.1, -0.05) is 12.1 Å². The lowest BCUT2D eigenvalue weighted by Gasteiger charge is -2.20.